The third-order valence-corrected chi connectivity index (χ3v) is 4.57. The highest BCUT2D eigenvalue weighted by atomic mass is 32.1. The van der Waals surface area contributed by atoms with Crippen LogP contribution in [0.1, 0.15) is 30.9 Å². The number of carbonyl (C=O) groups is 1. The van der Waals surface area contributed by atoms with Crippen molar-refractivity contribution in [3.05, 3.63) is 22.4 Å². The fraction of sp³-hybridized carbons (Fsp3) is 0.615. The van der Waals surface area contributed by atoms with E-state index in [-0.39, 0.29) is 24.1 Å². The summed E-state index contributed by atoms with van der Waals surface area (Å²) in [6, 6.07) is 2.15. The van der Waals surface area contributed by atoms with E-state index in [2.05, 4.69) is 22.1 Å². The molecule has 0 aromatic carbocycles. The third kappa shape index (κ3) is 2.18. The molecule has 0 aliphatic carbocycles. The highest BCUT2D eigenvalue weighted by Crippen LogP contribution is 2.34. The van der Waals surface area contributed by atoms with Crippen LogP contribution in [0.4, 0.5) is 0 Å². The summed E-state index contributed by atoms with van der Waals surface area (Å²) in [5.74, 6) is 0.153. The average Bonchev–Trinajstić information content (AvgIpc) is 3.08. The van der Waals surface area contributed by atoms with E-state index in [9.17, 15) is 9.90 Å². The first-order valence-electron chi connectivity index (χ1n) is 6.50. The molecule has 18 heavy (non-hydrogen) atoms. The molecule has 3 unspecified atom stereocenters. The van der Waals surface area contributed by atoms with E-state index < -0.39 is 0 Å². The SMILES string of the molecule is O=C(C1CC(O)CN1)N1CCCC1c1ccsc1. The number of aliphatic hydroxyl groups is 1. The number of β-amino-alcohol motifs (C(OH)–C–C–N with tert-alkyl or cyclic N) is 1. The fourth-order valence-corrected chi connectivity index (χ4v) is 3.65. The van der Waals surface area contributed by atoms with Crippen LogP contribution in [0.2, 0.25) is 0 Å². The molecule has 4 nitrogen and oxygen atoms in total. The lowest BCUT2D eigenvalue weighted by Gasteiger charge is -2.27. The molecular weight excluding hydrogens is 248 g/mol. The predicted molar refractivity (Wildman–Crippen MR) is 70.4 cm³/mol. The molecule has 2 N–H and O–H groups in total. The van der Waals surface area contributed by atoms with Crippen LogP contribution in [0.15, 0.2) is 16.8 Å². The summed E-state index contributed by atoms with van der Waals surface area (Å²) in [6.45, 7) is 1.38. The number of hydrogen-bond acceptors (Lipinski definition) is 4. The molecule has 3 rings (SSSR count). The average molecular weight is 266 g/mol. The Bertz CT molecular complexity index is 421. The molecule has 2 saturated heterocycles. The molecule has 1 aromatic rings. The first-order chi connectivity index (χ1) is 8.75. The van der Waals surface area contributed by atoms with Crippen molar-refractivity contribution in [1.29, 1.82) is 0 Å². The highest BCUT2D eigenvalue weighted by Gasteiger charge is 2.37. The zero-order valence-corrected chi connectivity index (χ0v) is 11.0. The third-order valence-electron chi connectivity index (χ3n) is 3.87. The molecule has 3 heterocycles. The van der Waals surface area contributed by atoms with Crippen molar-refractivity contribution in [1.82, 2.24) is 10.2 Å². The summed E-state index contributed by atoms with van der Waals surface area (Å²) >= 11 is 1.68. The minimum Gasteiger partial charge on any atom is -0.392 e. The zero-order chi connectivity index (χ0) is 12.5. The van der Waals surface area contributed by atoms with Crippen molar-refractivity contribution in [2.45, 2.75) is 37.5 Å². The number of likely N-dealkylation sites (tertiary alicyclic amines) is 1. The second-order valence-corrected chi connectivity index (χ2v) is 5.88. The van der Waals surface area contributed by atoms with E-state index in [4.69, 9.17) is 0 Å². The van der Waals surface area contributed by atoms with Crippen LogP contribution in [0, 0.1) is 0 Å². The maximum atomic E-state index is 12.5. The summed E-state index contributed by atoms with van der Waals surface area (Å²) in [6.07, 6.45) is 2.30. The Kier molecular flexibility index (Phi) is 3.37. The molecule has 2 aliphatic rings. The summed E-state index contributed by atoms with van der Waals surface area (Å²) in [7, 11) is 0. The van der Waals surface area contributed by atoms with Crippen LogP contribution in [-0.4, -0.2) is 41.1 Å². The summed E-state index contributed by atoms with van der Waals surface area (Å²) in [5.41, 5.74) is 1.25. The van der Waals surface area contributed by atoms with Crippen molar-refractivity contribution < 1.29 is 9.90 Å². The van der Waals surface area contributed by atoms with Gasteiger partial charge in [0.1, 0.15) is 0 Å². The Labute approximate surface area is 111 Å². The van der Waals surface area contributed by atoms with Gasteiger partial charge in [0.25, 0.3) is 0 Å². The molecule has 3 atom stereocenters. The van der Waals surface area contributed by atoms with E-state index >= 15 is 0 Å². The van der Waals surface area contributed by atoms with Gasteiger partial charge in [-0.2, -0.15) is 11.3 Å². The monoisotopic (exact) mass is 266 g/mol. The topological polar surface area (TPSA) is 52.6 Å². The van der Waals surface area contributed by atoms with Crippen LogP contribution in [0.3, 0.4) is 0 Å². The standard InChI is InChI=1S/C13H18N2O2S/c16-10-6-11(14-7-10)13(17)15-4-1-2-12(15)9-3-5-18-8-9/h3,5,8,10-12,14,16H,1-2,4,6-7H2. The van der Waals surface area contributed by atoms with Gasteiger partial charge in [-0.25, -0.2) is 0 Å². The van der Waals surface area contributed by atoms with E-state index in [1.54, 1.807) is 11.3 Å². The van der Waals surface area contributed by atoms with Gasteiger partial charge in [-0.15, -0.1) is 0 Å². The van der Waals surface area contributed by atoms with Crippen molar-refractivity contribution in [2.75, 3.05) is 13.1 Å². The van der Waals surface area contributed by atoms with Crippen LogP contribution in [0.25, 0.3) is 0 Å². The number of aliphatic hydroxyl groups excluding tert-OH is 1. The molecule has 5 heteroatoms. The predicted octanol–water partition coefficient (Wildman–Crippen LogP) is 1.13. The largest absolute Gasteiger partial charge is 0.392 e. The van der Waals surface area contributed by atoms with Gasteiger partial charge in [-0.1, -0.05) is 0 Å². The maximum absolute atomic E-state index is 12.5. The fourth-order valence-electron chi connectivity index (χ4n) is 2.95. The number of carbonyl (C=O) groups excluding carboxylic acids is 1. The molecular formula is C13H18N2O2S. The first-order valence-corrected chi connectivity index (χ1v) is 7.44. The number of hydrogen-bond donors (Lipinski definition) is 2. The molecule has 0 radical (unpaired) electrons. The van der Waals surface area contributed by atoms with Gasteiger partial charge in [0.15, 0.2) is 0 Å². The second kappa shape index (κ2) is 4.99. The lowest BCUT2D eigenvalue weighted by atomic mass is 10.1. The number of nitrogens with zero attached hydrogens (tertiary/aromatic N) is 1. The number of amides is 1. The van der Waals surface area contributed by atoms with Crippen LogP contribution in [-0.2, 0) is 4.79 Å². The van der Waals surface area contributed by atoms with Crippen molar-refractivity contribution in [2.24, 2.45) is 0 Å². The van der Waals surface area contributed by atoms with Gasteiger partial charge in [-0.05, 0) is 41.7 Å². The highest BCUT2D eigenvalue weighted by molar-refractivity contribution is 7.07. The van der Waals surface area contributed by atoms with Gasteiger partial charge >= 0.3 is 0 Å². The molecule has 0 saturated carbocycles. The van der Waals surface area contributed by atoms with Gasteiger partial charge < -0.3 is 15.3 Å². The molecule has 98 valence electrons. The number of rotatable bonds is 2. The normalized spacial score (nSPS) is 32.1. The molecule has 2 fully saturated rings. The van der Waals surface area contributed by atoms with E-state index in [0.29, 0.717) is 13.0 Å². The van der Waals surface area contributed by atoms with Crippen LogP contribution >= 0.6 is 11.3 Å². The number of thiophene rings is 1. The second-order valence-electron chi connectivity index (χ2n) is 5.10. The summed E-state index contributed by atoms with van der Waals surface area (Å²) < 4.78 is 0. The Morgan fingerprint density at radius 3 is 3.11 bits per heavy atom. The molecule has 1 aromatic heterocycles. The lowest BCUT2D eigenvalue weighted by Crippen LogP contribution is -2.43. The Morgan fingerprint density at radius 1 is 1.56 bits per heavy atom. The van der Waals surface area contributed by atoms with Crippen LogP contribution in [0.5, 0.6) is 0 Å². The van der Waals surface area contributed by atoms with E-state index in [1.807, 2.05) is 4.90 Å². The minimum atomic E-state index is -0.374. The Balaban J connectivity index is 1.73. The Hall–Kier alpha value is -0.910. The molecule has 0 spiro atoms. The molecule has 2 aliphatic heterocycles. The molecule has 0 bridgehead atoms. The van der Waals surface area contributed by atoms with Crippen molar-refractivity contribution in [3.8, 4) is 0 Å². The summed E-state index contributed by atoms with van der Waals surface area (Å²) in [5, 5.41) is 16.8. The number of nitrogens with one attached hydrogen (secondary N) is 1. The smallest absolute Gasteiger partial charge is 0.240 e. The van der Waals surface area contributed by atoms with Gasteiger partial charge in [0, 0.05) is 13.1 Å². The first kappa shape index (κ1) is 12.1. The zero-order valence-electron chi connectivity index (χ0n) is 10.2. The quantitative estimate of drug-likeness (QED) is 0.844. The summed E-state index contributed by atoms with van der Waals surface area (Å²) in [4.78, 5) is 14.4. The lowest BCUT2D eigenvalue weighted by molar-refractivity contribution is -0.134. The van der Waals surface area contributed by atoms with Crippen molar-refractivity contribution in [3.63, 3.8) is 0 Å². The van der Waals surface area contributed by atoms with E-state index in [1.165, 1.54) is 5.56 Å². The van der Waals surface area contributed by atoms with Crippen molar-refractivity contribution >= 4 is 17.2 Å². The molecule has 1 amide bonds. The van der Waals surface area contributed by atoms with E-state index in [0.717, 1.165) is 19.4 Å². The van der Waals surface area contributed by atoms with Gasteiger partial charge in [-0.3, -0.25) is 4.79 Å². The minimum absolute atomic E-state index is 0.153. The maximum Gasteiger partial charge on any atom is 0.240 e. The van der Waals surface area contributed by atoms with Gasteiger partial charge in [0.05, 0.1) is 18.2 Å². The van der Waals surface area contributed by atoms with Crippen LogP contribution < -0.4 is 5.32 Å². The van der Waals surface area contributed by atoms with Gasteiger partial charge in [0.2, 0.25) is 5.91 Å². The Morgan fingerprint density at radius 2 is 2.44 bits per heavy atom.